The van der Waals surface area contributed by atoms with Gasteiger partial charge in [0.2, 0.25) is 0 Å². The fourth-order valence-corrected chi connectivity index (χ4v) is 2.12. The minimum Gasteiger partial charge on any atom is -0.376 e. The van der Waals surface area contributed by atoms with Gasteiger partial charge in [-0.3, -0.25) is 9.88 Å². The summed E-state index contributed by atoms with van der Waals surface area (Å²) in [6.45, 7) is 6.76. The molecule has 0 aliphatic carbocycles. The van der Waals surface area contributed by atoms with E-state index in [2.05, 4.69) is 34.3 Å². The summed E-state index contributed by atoms with van der Waals surface area (Å²) in [6, 6.07) is 4.26. The molecule has 0 saturated carbocycles. The second kappa shape index (κ2) is 6.10. The Morgan fingerprint density at radius 2 is 2.41 bits per heavy atom. The summed E-state index contributed by atoms with van der Waals surface area (Å²) in [7, 11) is 1.95. The smallest absolute Gasteiger partial charge is 0.0674 e. The number of nitrogens with zero attached hydrogens (tertiary/aromatic N) is 2. The lowest BCUT2D eigenvalue weighted by atomic mass is 10.2. The number of nitrogens with one attached hydrogen (secondary N) is 1. The average molecular weight is 235 g/mol. The van der Waals surface area contributed by atoms with Gasteiger partial charge in [-0.05, 0) is 25.6 Å². The molecule has 2 heterocycles. The molecular weight excluding hydrogens is 214 g/mol. The molecule has 0 amide bonds. The van der Waals surface area contributed by atoms with Crippen LogP contribution in [0, 0.1) is 0 Å². The van der Waals surface area contributed by atoms with Crippen molar-refractivity contribution in [3.8, 4) is 0 Å². The van der Waals surface area contributed by atoms with Crippen molar-refractivity contribution in [1.82, 2.24) is 15.2 Å². The first kappa shape index (κ1) is 12.5. The molecule has 1 N–H and O–H groups in total. The second-order valence-corrected chi connectivity index (χ2v) is 4.60. The molecule has 0 spiro atoms. The number of rotatable bonds is 4. The number of ether oxygens (including phenoxy) is 1. The molecule has 94 valence electrons. The van der Waals surface area contributed by atoms with Crippen LogP contribution in [-0.2, 0) is 17.8 Å². The standard InChI is InChI=1S/C13H21N3O/c1-11-9-16(5-6-17-11)10-13-4-3-12(7-14-2)8-15-13/h3-4,8,11,14H,5-7,9-10H2,1-2H3. The van der Waals surface area contributed by atoms with Crippen molar-refractivity contribution in [2.45, 2.75) is 26.1 Å². The Labute approximate surface area is 103 Å². The average Bonchev–Trinajstić information content (AvgIpc) is 2.32. The third-order valence-corrected chi connectivity index (χ3v) is 2.98. The molecule has 0 aromatic carbocycles. The van der Waals surface area contributed by atoms with Gasteiger partial charge < -0.3 is 10.1 Å². The normalized spacial score (nSPS) is 21.6. The van der Waals surface area contributed by atoms with Crippen LogP contribution in [0.1, 0.15) is 18.2 Å². The topological polar surface area (TPSA) is 37.4 Å². The van der Waals surface area contributed by atoms with Gasteiger partial charge in [0.15, 0.2) is 0 Å². The Hall–Kier alpha value is -0.970. The summed E-state index contributed by atoms with van der Waals surface area (Å²) in [6.07, 6.45) is 2.29. The molecule has 1 aromatic rings. The van der Waals surface area contributed by atoms with Crippen molar-refractivity contribution in [2.75, 3.05) is 26.7 Å². The summed E-state index contributed by atoms with van der Waals surface area (Å²) >= 11 is 0. The van der Waals surface area contributed by atoms with Gasteiger partial charge in [-0.25, -0.2) is 0 Å². The molecule has 4 nitrogen and oxygen atoms in total. The monoisotopic (exact) mass is 235 g/mol. The maximum absolute atomic E-state index is 5.53. The van der Waals surface area contributed by atoms with Crippen LogP contribution in [0.25, 0.3) is 0 Å². The van der Waals surface area contributed by atoms with E-state index < -0.39 is 0 Å². The highest BCUT2D eigenvalue weighted by molar-refractivity contribution is 5.13. The number of aromatic nitrogens is 1. The van der Waals surface area contributed by atoms with Crippen molar-refractivity contribution >= 4 is 0 Å². The Morgan fingerprint density at radius 3 is 3.06 bits per heavy atom. The van der Waals surface area contributed by atoms with Gasteiger partial charge in [0.05, 0.1) is 18.4 Å². The first-order valence-corrected chi connectivity index (χ1v) is 6.20. The highest BCUT2D eigenvalue weighted by Crippen LogP contribution is 2.09. The maximum Gasteiger partial charge on any atom is 0.0674 e. The zero-order valence-electron chi connectivity index (χ0n) is 10.6. The quantitative estimate of drug-likeness (QED) is 0.845. The lowest BCUT2D eigenvalue weighted by Crippen LogP contribution is -2.40. The molecule has 0 radical (unpaired) electrons. The van der Waals surface area contributed by atoms with E-state index in [-0.39, 0.29) is 0 Å². The molecule has 1 aliphatic heterocycles. The Balaban J connectivity index is 1.89. The summed E-state index contributed by atoms with van der Waals surface area (Å²) in [5.41, 5.74) is 2.37. The molecule has 1 saturated heterocycles. The van der Waals surface area contributed by atoms with Crippen molar-refractivity contribution < 1.29 is 4.74 Å². The van der Waals surface area contributed by atoms with E-state index >= 15 is 0 Å². The minimum absolute atomic E-state index is 0.340. The fourth-order valence-electron chi connectivity index (χ4n) is 2.12. The lowest BCUT2D eigenvalue weighted by molar-refractivity contribution is -0.0215. The Morgan fingerprint density at radius 1 is 1.53 bits per heavy atom. The highest BCUT2D eigenvalue weighted by atomic mass is 16.5. The van der Waals surface area contributed by atoms with Crippen LogP contribution in [0.4, 0.5) is 0 Å². The first-order valence-electron chi connectivity index (χ1n) is 6.20. The van der Waals surface area contributed by atoms with Crippen molar-refractivity contribution in [3.63, 3.8) is 0 Å². The van der Waals surface area contributed by atoms with E-state index in [9.17, 15) is 0 Å². The Kier molecular flexibility index (Phi) is 4.48. The zero-order valence-corrected chi connectivity index (χ0v) is 10.6. The molecule has 1 unspecified atom stereocenters. The van der Waals surface area contributed by atoms with Crippen LogP contribution in [0.3, 0.4) is 0 Å². The second-order valence-electron chi connectivity index (χ2n) is 4.60. The Bertz CT molecular complexity index is 339. The number of morpholine rings is 1. The van der Waals surface area contributed by atoms with Crippen LogP contribution in [-0.4, -0.2) is 42.7 Å². The first-order chi connectivity index (χ1) is 8.28. The third kappa shape index (κ3) is 3.77. The molecule has 1 aliphatic rings. The van der Waals surface area contributed by atoms with Crippen LogP contribution in [0.5, 0.6) is 0 Å². The summed E-state index contributed by atoms with van der Waals surface area (Å²) < 4.78 is 5.53. The summed E-state index contributed by atoms with van der Waals surface area (Å²) in [5, 5.41) is 3.12. The van der Waals surface area contributed by atoms with E-state index in [1.54, 1.807) is 0 Å². The van der Waals surface area contributed by atoms with E-state index in [1.807, 2.05) is 13.2 Å². The zero-order chi connectivity index (χ0) is 12.1. The molecule has 1 fully saturated rings. The maximum atomic E-state index is 5.53. The third-order valence-electron chi connectivity index (χ3n) is 2.98. The predicted octanol–water partition coefficient (Wildman–Crippen LogP) is 1.02. The van der Waals surface area contributed by atoms with Gasteiger partial charge in [-0.15, -0.1) is 0 Å². The number of hydrogen-bond donors (Lipinski definition) is 1. The summed E-state index contributed by atoms with van der Waals surface area (Å²) in [5.74, 6) is 0. The van der Waals surface area contributed by atoms with Gasteiger partial charge >= 0.3 is 0 Å². The van der Waals surface area contributed by atoms with E-state index in [4.69, 9.17) is 4.74 Å². The van der Waals surface area contributed by atoms with Crippen molar-refractivity contribution in [2.24, 2.45) is 0 Å². The van der Waals surface area contributed by atoms with Crippen LogP contribution < -0.4 is 5.32 Å². The van der Waals surface area contributed by atoms with Gasteiger partial charge in [0, 0.05) is 32.4 Å². The van der Waals surface area contributed by atoms with Crippen LogP contribution >= 0.6 is 0 Å². The molecule has 2 rings (SSSR count). The van der Waals surface area contributed by atoms with E-state index in [1.165, 1.54) is 5.56 Å². The molecule has 4 heteroatoms. The van der Waals surface area contributed by atoms with E-state index in [0.29, 0.717) is 6.10 Å². The number of hydrogen-bond acceptors (Lipinski definition) is 4. The van der Waals surface area contributed by atoms with Gasteiger partial charge in [0.25, 0.3) is 0 Å². The molecule has 1 aromatic heterocycles. The molecular formula is C13H21N3O. The van der Waals surface area contributed by atoms with Crippen LogP contribution in [0.15, 0.2) is 18.3 Å². The number of pyridine rings is 1. The SMILES string of the molecule is CNCc1ccc(CN2CCOC(C)C2)nc1. The van der Waals surface area contributed by atoms with Crippen molar-refractivity contribution in [1.29, 1.82) is 0 Å². The van der Waals surface area contributed by atoms with E-state index in [0.717, 1.165) is 38.5 Å². The van der Waals surface area contributed by atoms with Gasteiger partial charge in [-0.1, -0.05) is 6.07 Å². The van der Waals surface area contributed by atoms with Gasteiger partial charge in [0.1, 0.15) is 0 Å². The lowest BCUT2D eigenvalue weighted by Gasteiger charge is -2.30. The fraction of sp³-hybridized carbons (Fsp3) is 0.615. The van der Waals surface area contributed by atoms with Crippen LogP contribution in [0.2, 0.25) is 0 Å². The predicted molar refractivity (Wildman–Crippen MR) is 67.7 cm³/mol. The van der Waals surface area contributed by atoms with Gasteiger partial charge in [-0.2, -0.15) is 0 Å². The minimum atomic E-state index is 0.340. The molecule has 0 bridgehead atoms. The molecule has 17 heavy (non-hydrogen) atoms. The molecule has 1 atom stereocenters. The largest absolute Gasteiger partial charge is 0.376 e. The summed E-state index contributed by atoms with van der Waals surface area (Å²) in [4.78, 5) is 6.89. The highest BCUT2D eigenvalue weighted by Gasteiger charge is 2.16. The van der Waals surface area contributed by atoms with Crippen molar-refractivity contribution in [3.05, 3.63) is 29.6 Å².